The van der Waals surface area contributed by atoms with Crippen LogP contribution in [0.1, 0.15) is 52.7 Å². The van der Waals surface area contributed by atoms with E-state index in [-0.39, 0.29) is 10.8 Å². The van der Waals surface area contributed by atoms with E-state index in [1.54, 1.807) is 0 Å². The average molecular weight is 808 g/mol. The van der Waals surface area contributed by atoms with Crippen LogP contribution in [0.3, 0.4) is 0 Å². The minimum atomic E-state index is -0.120. The largest absolute Gasteiger partial charge is 0.457 e. The molecular weight excluding hydrogens is 759 g/mol. The molecule has 7 aromatic carbocycles. The third-order valence-electron chi connectivity index (χ3n) is 12.5. The van der Waals surface area contributed by atoms with Gasteiger partial charge in [-0.05, 0) is 113 Å². The monoisotopic (exact) mass is 807 g/mol. The first kappa shape index (κ1) is 37.7. The predicted octanol–water partition coefficient (Wildman–Crippen LogP) is 14.9. The maximum Gasteiger partial charge on any atom is 0.137 e. The summed E-state index contributed by atoms with van der Waals surface area (Å²) in [7, 11) is 0. The minimum Gasteiger partial charge on any atom is -0.457 e. The van der Waals surface area contributed by atoms with Crippen molar-refractivity contribution in [3.63, 3.8) is 0 Å². The first-order valence-corrected chi connectivity index (χ1v) is 21.6. The lowest BCUT2D eigenvalue weighted by atomic mass is 9.86. The van der Waals surface area contributed by atoms with Crippen LogP contribution in [0.5, 0.6) is 11.5 Å². The molecule has 0 amide bonds. The van der Waals surface area contributed by atoms with Gasteiger partial charge in [-0.25, -0.2) is 4.98 Å². The highest BCUT2D eigenvalue weighted by Crippen LogP contribution is 2.47. The molecule has 304 valence electrons. The number of anilines is 4. The molecule has 0 atom stereocenters. The Morgan fingerprint density at radius 3 is 1.76 bits per heavy atom. The van der Waals surface area contributed by atoms with Crippen molar-refractivity contribution in [2.75, 3.05) is 16.5 Å². The SMILES string of the molecule is CC(C)(C)c1cc(Oc2ccc3c4ccccc4n(-c4cc(C(C)(C)C)ccn4)c3c2)cc(N2CN(c3ccc4c(c3)c3ccccc3n4-c3ccccc3)c3ccccc32)c1. The second-order valence-corrected chi connectivity index (χ2v) is 18.6. The second kappa shape index (κ2) is 14.1. The molecule has 0 spiro atoms. The van der Waals surface area contributed by atoms with Crippen molar-refractivity contribution in [1.82, 2.24) is 14.1 Å². The highest BCUT2D eigenvalue weighted by atomic mass is 16.5. The molecule has 11 rings (SSSR count). The lowest BCUT2D eigenvalue weighted by Gasteiger charge is -2.26. The topological polar surface area (TPSA) is 38.5 Å². The van der Waals surface area contributed by atoms with Crippen molar-refractivity contribution in [2.45, 2.75) is 52.4 Å². The third kappa shape index (κ3) is 6.28. The summed E-state index contributed by atoms with van der Waals surface area (Å²) in [6, 6.07) is 61.1. The molecule has 1 aliphatic heterocycles. The lowest BCUT2D eigenvalue weighted by Crippen LogP contribution is -2.24. The molecule has 0 fully saturated rings. The zero-order valence-corrected chi connectivity index (χ0v) is 36.1. The average Bonchev–Trinajstić information content (AvgIpc) is 3.94. The van der Waals surface area contributed by atoms with Gasteiger partial charge >= 0.3 is 0 Å². The number of para-hydroxylation sites is 5. The third-order valence-corrected chi connectivity index (χ3v) is 12.5. The highest BCUT2D eigenvalue weighted by Gasteiger charge is 2.30. The zero-order valence-electron chi connectivity index (χ0n) is 36.1. The van der Waals surface area contributed by atoms with Gasteiger partial charge in [-0.15, -0.1) is 0 Å². The highest BCUT2D eigenvalue weighted by molar-refractivity contribution is 6.11. The number of benzene rings is 7. The van der Waals surface area contributed by atoms with Crippen LogP contribution in [0.2, 0.25) is 0 Å². The normalized spacial score (nSPS) is 13.2. The molecule has 0 N–H and O–H groups in total. The van der Waals surface area contributed by atoms with E-state index in [9.17, 15) is 0 Å². The fraction of sp³-hybridized carbons (Fsp3) is 0.161. The quantitative estimate of drug-likeness (QED) is 0.168. The number of rotatable bonds is 6. The van der Waals surface area contributed by atoms with Crippen LogP contribution in [0, 0.1) is 0 Å². The number of hydrogen-bond acceptors (Lipinski definition) is 4. The summed E-state index contributed by atoms with van der Waals surface area (Å²) in [6.07, 6.45) is 1.93. The molecule has 0 aliphatic carbocycles. The van der Waals surface area contributed by atoms with Gasteiger partial charge in [-0.3, -0.25) is 4.57 Å². The van der Waals surface area contributed by atoms with Crippen LogP contribution in [0.15, 0.2) is 176 Å². The van der Waals surface area contributed by atoms with E-state index in [1.807, 2.05) is 6.20 Å². The Morgan fingerprint density at radius 2 is 1.03 bits per heavy atom. The summed E-state index contributed by atoms with van der Waals surface area (Å²) < 4.78 is 11.6. The molecule has 0 saturated heterocycles. The van der Waals surface area contributed by atoms with Gasteiger partial charge in [0, 0.05) is 56.9 Å². The van der Waals surface area contributed by atoms with Gasteiger partial charge in [0.25, 0.3) is 0 Å². The summed E-state index contributed by atoms with van der Waals surface area (Å²) in [4.78, 5) is 9.76. The number of aromatic nitrogens is 3. The van der Waals surface area contributed by atoms with E-state index in [0.29, 0.717) is 6.67 Å². The van der Waals surface area contributed by atoms with Crippen LogP contribution in [0.4, 0.5) is 22.7 Å². The lowest BCUT2D eigenvalue weighted by molar-refractivity contribution is 0.479. The van der Waals surface area contributed by atoms with Gasteiger partial charge in [0.1, 0.15) is 24.0 Å². The molecule has 62 heavy (non-hydrogen) atoms. The van der Waals surface area contributed by atoms with Gasteiger partial charge in [-0.1, -0.05) is 108 Å². The first-order valence-electron chi connectivity index (χ1n) is 21.6. The Hall–Kier alpha value is -7.31. The summed E-state index contributed by atoms with van der Waals surface area (Å²) >= 11 is 0. The van der Waals surface area contributed by atoms with Crippen molar-refractivity contribution in [1.29, 1.82) is 0 Å². The Labute approximate surface area is 362 Å². The van der Waals surface area contributed by atoms with Crippen LogP contribution >= 0.6 is 0 Å². The fourth-order valence-electron chi connectivity index (χ4n) is 9.27. The molecule has 1 aliphatic rings. The van der Waals surface area contributed by atoms with Crippen LogP contribution in [0.25, 0.3) is 55.1 Å². The zero-order chi connectivity index (χ0) is 42.3. The number of nitrogens with zero attached hydrogens (tertiary/aromatic N) is 5. The van der Waals surface area contributed by atoms with E-state index >= 15 is 0 Å². The van der Waals surface area contributed by atoms with E-state index < -0.39 is 0 Å². The van der Waals surface area contributed by atoms with Crippen molar-refractivity contribution in [3.8, 4) is 23.0 Å². The molecule has 0 radical (unpaired) electrons. The van der Waals surface area contributed by atoms with Crippen molar-refractivity contribution in [3.05, 3.63) is 187 Å². The van der Waals surface area contributed by atoms with E-state index in [4.69, 9.17) is 9.72 Å². The van der Waals surface area contributed by atoms with E-state index in [1.165, 1.54) is 44.0 Å². The Bertz CT molecular complexity index is 3340. The summed E-state index contributed by atoms with van der Waals surface area (Å²) in [5.41, 5.74) is 12.6. The summed E-state index contributed by atoms with van der Waals surface area (Å²) in [5, 5.41) is 4.83. The first-order chi connectivity index (χ1) is 30.0. The van der Waals surface area contributed by atoms with Gasteiger partial charge in [-0.2, -0.15) is 0 Å². The van der Waals surface area contributed by atoms with E-state index in [0.717, 1.165) is 56.5 Å². The van der Waals surface area contributed by atoms with Crippen LogP contribution < -0.4 is 14.5 Å². The molecule has 0 bridgehead atoms. The molecule has 0 saturated carbocycles. The molecule has 3 aromatic heterocycles. The number of fused-ring (bicyclic) bond motifs is 7. The molecule has 4 heterocycles. The smallest absolute Gasteiger partial charge is 0.137 e. The maximum atomic E-state index is 6.94. The number of hydrogen-bond donors (Lipinski definition) is 0. The van der Waals surface area contributed by atoms with Gasteiger partial charge in [0.05, 0.1) is 33.4 Å². The molecule has 6 nitrogen and oxygen atoms in total. The molecule has 10 aromatic rings. The van der Waals surface area contributed by atoms with Gasteiger partial charge in [0.15, 0.2) is 0 Å². The molecule has 0 unspecified atom stereocenters. The molecule has 6 heteroatoms. The Morgan fingerprint density at radius 1 is 0.419 bits per heavy atom. The van der Waals surface area contributed by atoms with Crippen molar-refractivity contribution in [2.24, 2.45) is 0 Å². The van der Waals surface area contributed by atoms with Crippen molar-refractivity contribution < 1.29 is 4.74 Å². The van der Waals surface area contributed by atoms with E-state index in [2.05, 4.69) is 230 Å². The second-order valence-electron chi connectivity index (χ2n) is 18.6. The standard InChI is InChI=1S/C56H49N5O/c1-55(2,3)37-28-29-57-54(32-37)61-49-21-13-10-18-44(49)46-26-25-42(35-53(46)61)62-43-31-38(56(4,5)6)30-41(33-43)59-36-58(51-22-14-15-23-52(51)59)40-24-27-50-47(34-40)45-19-11-12-20-48(45)60(50)39-16-8-7-9-17-39/h7-35H,36H2,1-6H3. The summed E-state index contributed by atoms with van der Waals surface area (Å²) in [5.74, 6) is 2.47. The minimum absolute atomic E-state index is 0.00871. The Balaban J connectivity index is 0.991. The molecular formula is C56H49N5O. The predicted molar refractivity (Wildman–Crippen MR) is 259 cm³/mol. The summed E-state index contributed by atoms with van der Waals surface area (Å²) in [6.45, 7) is 14.2. The number of ether oxygens (including phenoxy) is 1. The fourth-order valence-corrected chi connectivity index (χ4v) is 9.27. The van der Waals surface area contributed by atoms with Crippen LogP contribution in [-0.2, 0) is 10.8 Å². The van der Waals surface area contributed by atoms with Crippen LogP contribution in [-0.4, -0.2) is 20.8 Å². The van der Waals surface area contributed by atoms with Crippen molar-refractivity contribution >= 4 is 66.4 Å². The maximum absolute atomic E-state index is 6.94. The van der Waals surface area contributed by atoms with Gasteiger partial charge < -0.3 is 19.1 Å². The Kier molecular flexibility index (Phi) is 8.59. The van der Waals surface area contributed by atoms with Gasteiger partial charge in [0.2, 0.25) is 0 Å². The number of pyridine rings is 1.